The number of para-hydroxylation sites is 1. The van der Waals surface area contributed by atoms with E-state index in [1.165, 1.54) is 10.8 Å². The molecule has 0 N–H and O–H groups in total. The second-order valence-corrected chi connectivity index (χ2v) is 5.65. The van der Waals surface area contributed by atoms with Gasteiger partial charge in [-0.1, -0.05) is 18.2 Å². The first kappa shape index (κ1) is 15.5. The van der Waals surface area contributed by atoms with Crippen LogP contribution in [0.5, 0.6) is 5.75 Å². The maximum absolute atomic E-state index is 12.8. The number of fused-ring (bicyclic) bond motifs is 1. The van der Waals surface area contributed by atoms with E-state index in [2.05, 4.69) is 15.3 Å². The van der Waals surface area contributed by atoms with Gasteiger partial charge in [-0.25, -0.2) is 0 Å². The highest BCUT2D eigenvalue weighted by Crippen LogP contribution is 2.32. The highest BCUT2D eigenvalue weighted by molar-refractivity contribution is 5.95. The smallest absolute Gasteiger partial charge is 0.274 e. The van der Waals surface area contributed by atoms with E-state index in [1.807, 2.05) is 24.3 Å². The van der Waals surface area contributed by atoms with Crippen molar-refractivity contribution < 1.29 is 14.3 Å². The van der Waals surface area contributed by atoms with Gasteiger partial charge in [0.2, 0.25) is 0 Å². The molecule has 1 fully saturated rings. The Morgan fingerprint density at radius 3 is 2.80 bits per heavy atom. The molecule has 1 aliphatic rings. The van der Waals surface area contributed by atoms with Crippen molar-refractivity contribution in [2.45, 2.75) is 0 Å². The largest absolute Gasteiger partial charge is 0.496 e. The van der Waals surface area contributed by atoms with Crippen LogP contribution in [0.25, 0.3) is 16.8 Å². The summed E-state index contributed by atoms with van der Waals surface area (Å²) in [6, 6.07) is 9.34. The first-order valence-corrected chi connectivity index (χ1v) is 7.99. The first-order valence-electron chi connectivity index (χ1n) is 7.99. The SMILES string of the molecule is COc1ccccc1-c1cc(C(=O)N2CCOCC2)nn2cnnc12. The molecular formula is C17H17N5O3. The number of methoxy groups -OCH3 is 1. The molecule has 3 heterocycles. The second kappa shape index (κ2) is 6.48. The molecule has 3 aromatic rings. The summed E-state index contributed by atoms with van der Waals surface area (Å²) in [6.07, 6.45) is 1.49. The number of aromatic nitrogens is 4. The molecule has 8 heteroatoms. The number of benzene rings is 1. The van der Waals surface area contributed by atoms with Crippen LogP contribution < -0.4 is 4.74 Å². The number of ether oxygens (including phenoxy) is 2. The summed E-state index contributed by atoms with van der Waals surface area (Å²) >= 11 is 0. The van der Waals surface area contributed by atoms with E-state index in [0.29, 0.717) is 43.4 Å². The number of carbonyl (C=O) groups excluding carboxylic acids is 1. The standard InChI is InChI=1S/C17H17N5O3/c1-24-15-5-3-2-4-12(15)13-10-14(20-22-11-18-19-16(13)22)17(23)21-6-8-25-9-7-21/h2-5,10-11H,6-9H2,1H3. The Balaban J connectivity index is 1.84. The molecule has 8 nitrogen and oxygen atoms in total. The molecule has 1 saturated heterocycles. The topological polar surface area (TPSA) is 81.8 Å². The van der Waals surface area contributed by atoms with Crippen molar-refractivity contribution in [1.29, 1.82) is 0 Å². The molecule has 4 rings (SSSR count). The summed E-state index contributed by atoms with van der Waals surface area (Å²) in [5, 5.41) is 12.4. The number of morpholine rings is 1. The van der Waals surface area contributed by atoms with Crippen LogP contribution in [0, 0.1) is 0 Å². The normalized spacial score (nSPS) is 14.7. The lowest BCUT2D eigenvalue weighted by atomic mass is 10.1. The molecule has 0 saturated carbocycles. The lowest BCUT2D eigenvalue weighted by molar-refractivity contribution is 0.0298. The summed E-state index contributed by atoms with van der Waals surface area (Å²) < 4.78 is 12.3. The van der Waals surface area contributed by atoms with Crippen molar-refractivity contribution in [2.24, 2.45) is 0 Å². The maximum Gasteiger partial charge on any atom is 0.274 e. The minimum absolute atomic E-state index is 0.130. The van der Waals surface area contributed by atoms with Crippen molar-refractivity contribution in [3.8, 4) is 16.9 Å². The number of hydrogen-bond donors (Lipinski definition) is 0. The number of hydrogen-bond acceptors (Lipinski definition) is 6. The highest BCUT2D eigenvalue weighted by Gasteiger charge is 2.23. The van der Waals surface area contributed by atoms with Crippen LogP contribution >= 0.6 is 0 Å². The van der Waals surface area contributed by atoms with Crippen molar-refractivity contribution >= 4 is 11.6 Å². The van der Waals surface area contributed by atoms with Gasteiger partial charge in [0.15, 0.2) is 5.65 Å². The first-order chi connectivity index (χ1) is 12.3. The summed E-state index contributed by atoms with van der Waals surface area (Å²) in [5.41, 5.74) is 2.50. The number of nitrogens with zero attached hydrogens (tertiary/aromatic N) is 5. The fraction of sp³-hybridized carbons (Fsp3) is 0.294. The molecule has 0 aliphatic carbocycles. The van der Waals surface area contributed by atoms with Crippen LogP contribution in [0.2, 0.25) is 0 Å². The van der Waals surface area contributed by atoms with Gasteiger partial charge in [0.05, 0.1) is 20.3 Å². The third-order valence-electron chi connectivity index (χ3n) is 4.18. The molecule has 0 unspecified atom stereocenters. The second-order valence-electron chi connectivity index (χ2n) is 5.65. The average molecular weight is 339 g/mol. The Labute approximate surface area is 144 Å². The number of rotatable bonds is 3. The third kappa shape index (κ3) is 2.80. The molecule has 25 heavy (non-hydrogen) atoms. The van der Waals surface area contributed by atoms with Crippen LogP contribution in [0.1, 0.15) is 10.5 Å². The highest BCUT2D eigenvalue weighted by atomic mass is 16.5. The zero-order valence-corrected chi connectivity index (χ0v) is 13.8. The van der Waals surface area contributed by atoms with Crippen molar-refractivity contribution in [3.05, 3.63) is 42.4 Å². The molecule has 1 aromatic carbocycles. The average Bonchev–Trinajstić information content (AvgIpc) is 3.16. The Kier molecular flexibility index (Phi) is 4.02. The van der Waals surface area contributed by atoms with Gasteiger partial charge in [0, 0.05) is 24.2 Å². The quantitative estimate of drug-likeness (QED) is 0.715. The lowest BCUT2D eigenvalue weighted by Gasteiger charge is -2.26. The van der Waals surface area contributed by atoms with E-state index in [9.17, 15) is 4.79 Å². The van der Waals surface area contributed by atoms with Crippen molar-refractivity contribution in [1.82, 2.24) is 24.7 Å². The summed E-state index contributed by atoms with van der Waals surface area (Å²) in [7, 11) is 1.61. The summed E-state index contributed by atoms with van der Waals surface area (Å²) in [4.78, 5) is 14.6. The van der Waals surface area contributed by atoms with Gasteiger partial charge in [-0.2, -0.15) is 9.61 Å². The summed E-state index contributed by atoms with van der Waals surface area (Å²) in [5.74, 6) is 0.568. The van der Waals surface area contributed by atoms with Crippen LogP contribution in [0.15, 0.2) is 36.7 Å². The molecule has 0 spiro atoms. The molecule has 1 aliphatic heterocycles. The van der Waals surface area contributed by atoms with E-state index in [-0.39, 0.29) is 5.91 Å². The van der Waals surface area contributed by atoms with Gasteiger partial charge in [-0.05, 0) is 12.1 Å². The van der Waals surface area contributed by atoms with E-state index in [1.54, 1.807) is 18.1 Å². The number of carbonyl (C=O) groups is 1. The van der Waals surface area contributed by atoms with Crippen LogP contribution in [0.4, 0.5) is 0 Å². The predicted octanol–water partition coefficient (Wildman–Crippen LogP) is 1.27. The molecule has 128 valence electrons. The Bertz CT molecular complexity index is 918. The predicted molar refractivity (Wildman–Crippen MR) is 89.5 cm³/mol. The van der Waals surface area contributed by atoms with E-state index in [0.717, 1.165) is 11.1 Å². The molecule has 0 bridgehead atoms. The minimum atomic E-state index is -0.130. The van der Waals surface area contributed by atoms with Crippen LogP contribution in [-0.2, 0) is 4.74 Å². The molecule has 0 atom stereocenters. The monoisotopic (exact) mass is 339 g/mol. The lowest BCUT2D eigenvalue weighted by Crippen LogP contribution is -2.41. The Morgan fingerprint density at radius 1 is 1.20 bits per heavy atom. The minimum Gasteiger partial charge on any atom is -0.496 e. The fourth-order valence-electron chi connectivity index (χ4n) is 2.92. The summed E-state index contributed by atoms with van der Waals surface area (Å²) in [6.45, 7) is 2.20. The maximum atomic E-state index is 12.8. The van der Waals surface area contributed by atoms with Gasteiger partial charge >= 0.3 is 0 Å². The fourth-order valence-corrected chi connectivity index (χ4v) is 2.92. The van der Waals surface area contributed by atoms with Gasteiger partial charge in [-0.3, -0.25) is 4.79 Å². The molecular weight excluding hydrogens is 322 g/mol. The molecule has 0 radical (unpaired) electrons. The van der Waals surface area contributed by atoms with E-state index in [4.69, 9.17) is 9.47 Å². The third-order valence-corrected chi connectivity index (χ3v) is 4.18. The van der Waals surface area contributed by atoms with Crippen LogP contribution in [0.3, 0.4) is 0 Å². The van der Waals surface area contributed by atoms with E-state index < -0.39 is 0 Å². The zero-order valence-electron chi connectivity index (χ0n) is 13.8. The van der Waals surface area contributed by atoms with Gasteiger partial charge in [0.1, 0.15) is 17.8 Å². The van der Waals surface area contributed by atoms with Gasteiger partial charge in [0.25, 0.3) is 5.91 Å². The Morgan fingerprint density at radius 2 is 2.00 bits per heavy atom. The number of amides is 1. The van der Waals surface area contributed by atoms with Crippen LogP contribution in [-0.4, -0.2) is 64.0 Å². The van der Waals surface area contributed by atoms with E-state index >= 15 is 0 Å². The molecule has 2 aromatic heterocycles. The van der Waals surface area contributed by atoms with Gasteiger partial charge < -0.3 is 14.4 Å². The molecule has 1 amide bonds. The van der Waals surface area contributed by atoms with Crippen molar-refractivity contribution in [2.75, 3.05) is 33.4 Å². The zero-order chi connectivity index (χ0) is 17.2. The Hall–Kier alpha value is -3.00. The van der Waals surface area contributed by atoms with Crippen molar-refractivity contribution in [3.63, 3.8) is 0 Å². The van der Waals surface area contributed by atoms with Gasteiger partial charge in [-0.15, -0.1) is 10.2 Å².